The number of thioether (sulfide) groups is 2. The van der Waals surface area contributed by atoms with Crippen molar-refractivity contribution in [3.63, 3.8) is 0 Å². The van der Waals surface area contributed by atoms with Crippen LogP contribution in [0, 0.1) is 11.8 Å². The van der Waals surface area contributed by atoms with Crippen LogP contribution in [-0.4, -0.2) is 64.1 Å². The molecule has 3 atom stereocenters. The molecule has 7 heteroatoms. The highest BCUT2D eigenvalue weighted by Crippen LogP contribution is 2.24. The summed E-state index contributed by atoms with van der Waals surface area (Å²) in [6.07, 6.45) is 0.661. The van der Waals surface area contributed by atoms with Crippen LogP contribution in [0.3, 0.4) is 0 Å². The summed E-state index contributed by atoms with van der Waals surface area (Å²) in [7, 11) is 0. The molecule has 2 amide bonds. The van der Waals surface area contributed by atoms with Crippen molar-refractivity contribution in [2.24, 2.45) is 11.8 Å². The molecule has 0 radical (unpaired) electrons. The lowest BCUT2D eigenvalue weighted by Gasteiger charge is -2.35. The molecule has 0 spiro atoms. The minimum Gasteiger partial charge on any atom is -0.481 e. The van der Waals surface area contributed by atoms with Crippen LogP contribution in [0.1, 0.15) is 13.3 Å². The fourth-order valence-corrected chi connectivity index (χ4v) is 5.28. The number of carboxylic acids is 1. The maximum atomic E-state index is 12.2. The second-order valence-corrected chi connectivity index (χ2v) is 8.09. The summed E-state index contributed by atoms with van der Waals surface area (Å²) < 4.78 is 0. The van der Waals surface area contributed by atoms with Crippen LogP contribution in [-0.2, 0) is 4.79 Å². The van der Waals surface area contributed by atoms with E-state index < -0.39 is 11.9 Å². The number of piperidine rings is 1. The van der Waals surface area contributed by atoms with Gasteiger partial charge in [0.05, 0.1) is 5.92 Å². The van der Waals surface area contributed by atoms with E-state index in [9.17, 15) is 9.59 Å². The van der Waals surface area contributed by atoms with Crippen molar-refractivity contribution in [3.05, 3.63) is 0 Å². The zero-order valence-electron chi connectivity index (χ0n) is 11.7. The second kappa shape index (κ2) is 7.45. The maximum Gasteiger partial charge on any atom is 0.317 e. The molecule has 2 aliphatic rings. The number of carbonyl (C=O) groups is 2. The molecule has 0 bridgehead atoms. The minimum atomic E-state index is -0.798. The van der Waals surface area contributed by atoms with Crippen LogP contribution in [0.5, 0.6) is 0 Å². The van der Waals surface area contributed by atoms with Gasteiger partial charge < -0.3 is 15.3 Å². The van der Waals surface area contributed by atoms with E-state index in [1.165, 1.54) is 5.75 Å². The third-order valence-electron chi connectivity index (χ3n) is 3.66. The number of rotatable bonds is 3. The average molecular weight is 318 g/mol. The van der Waals surface area contributed by atoms with Gasteiger partial charge in [0.2, 0.25) is 0 Å². The lowest BCUT2D eigenvalue weighted by atomic mass is 9.91. The van der Waals surface area contributed by atoms with Gasteiger partial charge in [0.1, 0.15) is 0 Å². The van der Waals surface area contributed by atoms with Crippen molar-refractivity contribution in [1.82, 2.24) is 10.2 Å². The Bertz CT molecular complexity index is 362. The zero-order chi connectivity index (χ0) is 14.5. The molecule has 0 aromatic heterocycles. The smallest absolute Gasteiger partial charge is 0.317 e. The van der Waals surface area contributed by atoms with Gasteiger partial charge in [0.15, 0.2) is 0 Å². The Labute approximate surface area is 128 Å². The highest BCUT2D eigenvalue weighted by Gasteiger charge is 2.32. The molecule has 2 heterocycles. The summed E-state index contributed by atoms with van der Waals surface area (Å²) in [5.74, 6) is 2.44. The summed E-state index contributed by atoms with van der Waals surface area (Å²) in [6, 6.07) is -0.112. The lowest BCUT2D eigenvalue weighted by Crippen LogP contribution is -2.50. The largest absolute Gasteiger partial charge is 0.481 e. The first kappa shape index (κ1) is 15.8. The van der Waals surface area contributed by atoms with Crippen LogP contribution >= 0.6 is 23.5 Å². The van der Waals surface area contributed by atoms with Crippen molar-refractivity contribution in [3.8, 4) is 0 Å². The van der Waals surface area contributed by atoms with Gasteiger partial charge in [-0.1, -0.05) is 6.92 Å². The van der Waals surface area contributed by atoms with Crippen molar-refractivity contribution in [2.45, 2.75) is 18.6 Å². The van der Waals surface area contributed by atoms with Crippen molar-refractivity contribution in [2.75, 3.05) is 36.9 Å². The lowest BCUT2D eigenvalue weighted by molar-refractivity contribution is -0.143. The van der Waals surface area contributed by atoms with E-state index in [0.717, 1.165) is 11.5 Å². The predicted octanol–water partition coefficient (Wildman–Crippen LogP) is 1.59. The number of amides is 2. The third kappa shape index (κ3) is 4.48. The Hall–Kier alpha value is -0.560. The molecule has 2 fully saturated rings. The van der Waals surface area contributed by atoms with Gasteiger partial charge in [-0.3, -0.25) is 4.79 Å². The van der Waals surface area contributed by atoms with Gasteiger partial charge >= 0.3 is 12.0 Å². The van der Waals surface area contributed by atoms with Crippen molar-refractivity contribution in [1.29, 1.82) is 0 Å². The van der Waals surface area contributed by atoms with Crippen LogP contribution in [0.15, 0.2) is 0 Å². The van der Waals surface area contributed by atoms with Gasteiger partial charge in [-0.05, 0) is 12.3 Å². The number of nitrogens with zero attached hydrogens (tertiary/aromatic N) is 1. The van der Waals surface area contributed by atoms with Crippen LogP contribution in [0.25, 0.3) is 0 Å². The van der Waals surface area contributed by atoms with Gasteiger partial charge in [0, 0.05) is 42.1 Å². The molecule has 0 aliphatic carbocycles. The molecular weight excluding hydrogens is 296 g/mol. The molecule has 114 valence electrons. The fraction of sp³-hybridized carbons (Fsp3) is 0.846. The minimum absolute atomic E-state index is 0.112. The van der Waals surface area contributed by atoms with E-state index in [2.05, 4.69) is 5.32 Å². The first-order chi connectivity index (χ1) is 9.56. The normalized spacial score (nSPS) is 30.9. The van der Waals surface area contributed by atoms with Gasteiger partial charge in [-0.2, -0.15) is 23.5 Å². The van der Waals surface area contributed by atoms with Crippen molar-refractivity contribution >= 4 is 35.5 Å². The first-order valence-electron chi connectivity index (χ1n) is 7.01. The standard InChI is InChI=1S/C13H22N2O3S2/c1-9-4-10(12(16)17)7-15(6-9)13(18)14-5-11-8-19-2-3-20-11/h9-11H,2-8H2,1H3,(H,14,18)(H,16,17). The van der Waals surface area contributed by atoms with E-state index in [1.54, 1.807) is 4.90 Å². The molecular formula is C13H22N2O3S2. The van der Waals surface area contributed by atoms with E-state index >= 15 is 0 Å². The zero-order valence-corrected chi connectivity index (χ0v) is 13.3. The summed E-state index contributed by atoms with van der Waals surface area (Å²) in [4.78, 5) is 24.9. The van der Waals surface area contributed by atoms with E-state index in [-0.39, 0.29) is 11.9 Å². The Kier molecular flexibility index (Phi) is 5.89. The quantitative estimate of drug-likeness (QED) is 0.827. The molecule has 5 nitrogen and oxygen atoms in total. The first-order valence-corrected chi connectivity index (χ1v) is 9.21. The van der Waals surface area contributed by atoms with E-state index in [0.29, 0.717) is 31.3 Å². The van der Waals surface area contributed by atoms with E-state index in [1.807, 2.05) is 30.4 Å². The Balaban J connectivity index is 1.80. The summed E-state index contributed by atoms with van der Waals surface area (Å²) in [5.41, 5.74) is 0. The molecule has 0 aromatic carbocycles. The number of nitrogens with one attached hydrogen (secondary N) is 1. The highest BCUT2D eigenvalue weighted by molar-refractivity contribution is 8.06. The number of aliphatic carboxylic acids is 1. The topological polar surface area (TPSA) is 69.6 Å². The average Bonchev–Trinajstić information content (AvgIpc) is 2.45. The molecule has 2 rings (SSSR count). The number of carbonyl (C=O) groups excluding carboxylic acids is 1. The monoisotopic (exact) mass is 318 g/mol. The van der Waals surface area contributed by atoms with Crippen LogP contribution in [0.4, 0.5) is 4.79 Å². The molecule has 2 N–H and O–H groups in total. The number of carboxylic acid groups (broad SMARTS) is 1. The molecule has 0 saturated carbocycles. The molecule has 2 saturated heterocycles. The van der Waals surface area contributed by atoms with Crippen LogP contribution in [0.2, 0.25) is 0 Å². The van der Waals surface area contributed by atoms with Gasteiger partial charge in [0.25, 0.3) is 0 Å². The number of hydrogen-bond donors (Lipinski definition) is 2. The highest BCUT2D eigenvalue weighted by atomic mass is 32.2. The van der Waals surface area contributed by atoms with E-state index in [4.69, 9.17) is 5.11 Å². The summed E-state index contributed by atoms with van der Waals surface area (Å²) in [6.45, 7) is 3.67. The number of likely N-dealkylation sites (tertiary alicyclic amines) is 1. The molecule has 3 unspecified atom stereocenters. The second-order valence-electron chi connectivity index (χ2n) is 5.53. The maximum absolute atomic E-state index is 12.2. The molecule has 2 aliphatic heterocycles. The Morgan fingerprint density at radius 2 is 2.15 bits per heavy atom. The summed E-state index contributed by atoms with van der Waals surface area (Å²) >= 11 is 3.84. The van der Waals surface area contributed by atoms with Crippen LogP contribution < -0.4 is 5.32 Å². The number of hydrogen-bond acceptors (Lipinski definition) is 4. The molecule has 20 heavy (non-hydrogen) atoms. The fourth-order valence-electron chi connectivity index (χ4n) is 2.66. The summed E-state index contributed by atoms with van der Waals surface area (Å²) in [5, 5.41) is 12.6. The van der Waals surface area contributed by atoms with Gasteiger partial charge in [-0.25, -0.2) is 4.79 Å². The van der Waals surface area contributed by atoms with Crippen molar-refractivity contribution < 1.29 is 14.7 Å². The predicted molar refractivity (Wildman–Crippen MR) is 83.4 cm³/mol. The van der Waals surface area contributed by atoms with Gasteiger partial charge in [-0.15, -0.1) is 0 Å². The number of urea groups is 1. The third-order valence-corrected chi connectivity index (χ3v) is 6.51. The Morgan fingerprint density at radius 3 is 2.80 bits per heavy atom. The SMILES string of the molecule is CC1CC(C(=O)O)CN(C(=O)NCC2CSCCS2)C1. The Morgan fingerprint density at radius 1 is 1.35 bits per heavy atom. The molecule has 0 aromatic rings.